The zero-order chi connectivity index (χ0) is 19.1. The molecule has 0 aliphatic rings. The average Bonchev–Trinajstić information content (AvgIpc) is 2.97. The van der Waals surface area contributed by atoms with E-state index in [1.54, 1.807) is 24.3 Å². The van der Waals surface area contributed by atoms with E-state index in [2.05, 4.69) is 22.5 Å². The van der Waals surface area contributed by atoms with Gasteiger partial charge in [-0.1, -0.05) is 40.2 Å². The molecular weight excluding hydrogens is 426 g/mol. The van der Waals surface area contributed by atoms with E-state index in [0.717, 1.165) is 10.2 Å². The zero-order valence-corrected chi connectivity index (χ0v) is 15.8. The Kier molecular flexibility index (Phi) is 4.90. The van der Waals surface area contributed by atoms with Crippen LogP contribution in [0.3, 0.4) is 0 Å². The Morgan fingerprint density at radius 2 is 1.88 bits per heavy atom. The van der Waals surface area contributed by atoms with Crippen LogP contribution in [-0.4, -0.2) is 12.4 Å². The molecule has 0 spiro atoms. The lowest BCUT2D eigenvalue weighted by Crippen LogP contribution is -2.19. The summed E-state index contributed by atoms with van der Waals surface area (Å²) in [5.41, 5.74) is 6.09. The Hall–Kier alpha value is -2.19. The van der Waals surface area contributed by atoms with Crippen molar-refractivity contribution in [1.82, 2.24) is 3.97 Å². The van der Waals surface area contributed by atoms with Gasteiger partial charge in [0.1, 0.15) is 5.25 Å². The Morgan fingerprint density at radius 1 is 1.19 bits per heavy atom. The van der Waals surface area contributed by atoms with Crippen LogP contribution in [0.1, 0.15) is 22.8 Å². The minimum Gasteiger partial charge on any atom is -0.398 e. The topological polar surface area (TPSA) is 65.1 Å². The maximum Gasteiger partial charge on any atom is 0.266 e. The molecule has 26 heavy (non-hydrogen) atoms. The summed E-state index contributed by atoms with van der Waals surface area (Å²) in [7, 11) is -4.09. The number of alkyl halides is 2. The molecule has 2 N–H and O–H groups in total. The molecule has 0 bridgehead atoms. The Morgan fingerprint density at radius 3 is 2.50 bits per heavy atom. The molecule has 0 amide bonds. The SMILES string of the molecule is C=CC(c1cccc(Br)c1)S(=O)(=O)n1cc(C(F)F)c2c(N)cccc21. The summed E-state index contributed by atoms with van der Waals surface area (Å²) in [6.07, 6.45) is -0.640. The highest BCUT2D eigenvalue weighted by Crippen LogP contribution is 2.37. The van der Waals surface area contributed by atoms with E-state index in [9.17, 15) is 17.2 Å². The van der Waals surface area contributed by atoms with Crippen molar-refractivity contribution in [1.29, 1.82) is 0 Å². The molecule has 3 rings (SSSR count). The smallest absolute Gasteiger partial charge is 0.266 e. The highest BCUT2D eigenvalue weighted by Gasteiger charge is 2.30. The van der Waals surface area contributed by atoms with E-state index in [1.165, 1.54) is 24.3 Å². The molecule has 1 unspecified atom stereocenters. The van der Waals surface area contributed by atoms with Gasteiger partial charge in [-0.25, -0.2) is 21.2 Å². The van der Waals surface area contributed by atoms with Crippen LogP contribution < -0.4 is 5.73 Å². The Bertz CT molecular complexity index is 1090. The number of nitrogens with two attached hydrogens (primary N) is 1. The Balaban J connectivity index is 2.27. The van der Waals surface area contributed by atoms with Crippen LogP contribution in [0.15, 0.2) is 65.8 Å². The third kappa shape index (κ3) is 3.03. The Labute approximate surface area is 158 Å². The first-order chi connectivity index (χ1) is 12.3. The number of benzene rings is 2. The average molecular weight is 441 g/mol. The van der Waals surface area contributed by atoms with Gasteiger partial charge < -0.3 is 5.73 Å². The quantitative estimate of drug-likeness (QED) is 0.446. The summed E-state index contributed by atoms with van der Waals surface area (Å²) < 4.78 is 54.9. The molecule has 3 aromatic rings. The van der Waals surface area contributed by atoms with Crippen molar-refractivity contribution in [2.45, 2.75) is 11.7 Å². The fraction of sp³-hybridized carbons (Fsp3) is 0.111. The highest BCUT2D eigenvalue weighted by molar-refractivity contribution is 9.10. The molecule has 4 nitrogen and oxygen atoms in total. The normalized spacial score (nSPS) is 13.2. The van der Waals surface area contributed by atoms with Crippen molar-refractivity contribution < 1.29 is 17.2 Å². The largest absolute Gasteiger partial charge is 0.398 e. The maximum absolute atomic E-state index is 13.4. The summed E-state index contributed by atoms with van der Waals surface area (Å²) in [4.78, 5) is 0. The second-order valence-corrected chi connectivity index (χ2v) is 8.53. The van der Waals surface area contributed by atoms with Gasteiger partial charge in [0.05, 0.1) is 5.52 Å². The molecule has 0 saturated carbocycles. The van der Waals surface area contributed by atoms with Gasteiger partial charge in [0.2, 0.25) is 10.0 Å². The van der Waals surface area contributed by atoms with Crippen LogP contribution in [0.4, 0.5) is 14.5 Å². The predicted molar refractivity (Wildman–Crippen MR) is 103 cm³/mol. The van der Waals surface area contributed by atoms with Gasteiger partial charge in [0.25, 0.3) is 6.43 Å². The van der Waals surface area contributed by atoms with Crippen LogP contribution in [0.2, 0.25) is 0 Å². The van der Waals surface area contributed by atoms with E-state index in [4.69, 9.17) is 5.73 Å². The molecule has 136 valence electrons. The van der Waals surface area contributed by atoms with Gasteiger partial charge in [-0.3, -0.25) is 0 Å². The molecule has 0 aliphatic carbocycles. The van der Waals surface area contributed by atoms with E-state index < -0.39 is 27.3 Å². The van der Waals surface area contributed by atoms with Crippen molar-refractivity contribution >= 4 is 42.5 Å². The minimum atomic E-state index is -4.09. The fourth-order valence-corrected chi connectivity index (χ4v) is 5.01. The van der Waals surface area contributed by atoms with E-state index in [1.807, 2.05) is 0 Å². The lowest BCUT2D eigenvalue weighted by Gasteiger charge is -2.16. The van der Waals surface area contributed by atoms with E-state index in [-0.39, 0.29) is 16.6 Å². The van der Waals surface area contributed by atoms with Crippen molar-refractivity contribution in [3.63, 3.8) is 0 Å². The first-order valence-corrected chi connectivity index (χ1v) is 9.87. The molecule has 1 heterocycles. The van der Waals surface area contributed by atoms with Crippen molar-refractivity contribution in [2.75, 3.05) is 5.73 Å². The number of nitrogens with zero attached hydrogens (tertiary/aromatic N) is 1. The van der Waals surface area contributed by atoms with Gasteiger partial charge in [0, 0.05) is 27.3 Å². The summed E-state index contributed by atoms with van der Waals surface area (Å²) in [6.45, 7) is 3.62. The van der Waals surface area contributed by atoms with Gasteiger partial charge >= 0.3 is 0 Å². The first-order valence-electron chi connectivity index (χ1n) is 7.57. The number of fused-ring (bicyclic) bond motifs is 1. The zero-order valence-electron chi connectivity index (χ0n) is 13.4. The van der Waals surface area contributed by atoms with Crippen LogP contribution in [0.25, 0.3) is 10.9 Å². The molecule has 0 radical (unpaired) electrons. The molecule has 0 saturated heterocycles. The molecular formula is C18H15BrF2N2O2S. The van der Waals surface area contributed by atoms with E-state index >= 15 is 0 Å². The number of nitrogen functional groups attached to an aromatic ring is 1. The van der Waals surface area contributed by atoms with Gasteiger partial charge in [-0.15, -0.1) is 6.58 Å². The van der Waals surface area contributed by atoms with Gasteiger partial charge in [0.15, 0.2) is 0 Å². The standard InChI is InChI=1S/C18H15BrF2N2O2S/c1-2-16(11-5-3-6-12(19)9-11)26(24,25)23-10-13(18(20)21)17-14(22)7-4-8-15(17)23/h2-10,16,18H,1,22H2. The monoisotopic (exact) mass is 440 g/mol. The van der Waals surface area contributed by atoms with Crippen molar-refractivity contribution in [3.05, 3.63) is 76.9 Å². The lowest BCUT2D eigenvalue weighted by molar-refractivity contribution is 0.153. The molecule has 0 fully saturated rings. The third-order valence-electron chi connectivity index (χ3n) is 4.08. The van der Waals surface area contributed by atoms with Crippen LogP contribution >= 0.6 is 15.9 Å². The number of halogens is 3. The second-order valence-electron chi connectivity index (χ2n) is 5.68. The molecule has 1 aromatic heterocycles. The maximum atomic E-state index is 13.4. The number of anilines is 1. The molecule has 0 aliphatic heterocycles. The molecule has 2 aromatic carbocycles. The fourth-order valence-electron chi connectivity index (χ4n) is 2.93. The minimum absolute atomic E-state index is 0.0446. The first kappa shape index (κ1) is 18.6. The van der Waals surface area contributed by atoms with Crippen LogP contribution in [-0.2, 0) is 10.0 Å². The number of rotatable bonds is 5. The van der Waals surface area contributed by atoms with E-state index in [0.29, 0.717) is 10.0 Å². The number of hydrogen-bond donors (Lipinski definition) is 1. The predicted octanol–water partition coefficient (Wildman–Crippen LogP) is 5.03. The second kappa shape index (κ2) is 6.85. The number of hydrogen-bond acceptors (Lipinski definition) is 3. The molecule has 8 heteroatoms. The van der Waals surface area contributed by atoms with Crippen molar-refractivity contribution in [2.24, 2.45) is 0 Å². The van der Waals surface area contributed by atoms with Crippen LogP contribution in [0.5, 0.6) is 0 Å². The third-order valence-corrected chi connectivity index (χ3v) is 6.53. The van der Waals surface area contributed by atoms with Crippen LogP contribution in [0, 0.1) is 0 Å². The summed E-state index contributed by atoms with van der Waals surface area (Å²) in [6, 6.07) is 11.2. The highest BCUT2D eigenvalue weighted by atomic mass is 79.9. The summed E-state index contributed by atoms with van der Waals surface area (Å²) in [5, 5.41) is -1.06. The van der Waals surface area contributed by atoms with Crippen molar-refractivity contribution in [3.8, 4) is 0 Å². The lowest BCUT2D eigenvalue weighted by atomic mass is 10.1. The number of aromatic nitrogens is 1. The molecule has 1 atom stereocenters. The summed E-state index contributed by atoms with van der Waals surface area (Å²) >= 11 is 3.30. The van der Waals surface area contributed by atoms with Gasteiger partial charge in [-0.05, 0) is 29.8 Å². The summed E-state index contributed by atoms with van der Waals surface area (Å²) in [5.74, 6) is 0. The van der Waals surface area contributed by atoms with Gasteiger partial charge in [-0.2, -0.15) is 0 Å².